The summed E-state index contributed by atoms with van der Waals surface area (Å²) in [6.45, 7) is 7.90. The summed E-state index contributed by atoms with van der Waals surface area (Å²) in [5.74, 6) is 0.400. The molecule has 2 rings (SSSR count). The van der Waals surface area contributed by atoms with E-state index in [2.05, 4.69) is 33.6 Å². The Bertz CT molecular complexity index is 662. The molecule has 5 nitrogen and oxygen atoms in total. The van der Waals surface area contributed by atoms with Crippen molar-refractivity contribution in [2.24, 2.45) is 0 Å². The Labute approximate surface area is 131 Å². The minimum Gasteiger partial charge on any atom is -0.346 e. The third-order valence-electron chi connectivity index (χ3n) is 3.05. The fourth-order valence-electron chi connectivity index (χ4n) is 2.04. The summed E-state index contributed by atoms with van der Waals surface area (Å²) >= 11 is 0. The number of para-hydroxylation sites is 1. The molecule has 0 unspecified atom stereocenters. The standard InChI is InChI=1S/C17H22N4O/c1-5-12-8-6-7-9-13(12)20-15-10-14(18-11-19-15)16(22)21-17(2,3)4/h6-11H,5H2,1-4H3,(H,21,22)(H,18,19,20). The molecule has 0 aliphatic rings. The zero-order valence-corrected chi connectivity index (χ0v) is 13.5. The fourth-order valence-corrected chi connectivity index (χ4v) is 2.04. The molecule has 1 heterocycles. The lowest BCUT2D eigenvalue weighted by Crippen LogP contribution is -2.40. The maximum Gasteiger partial charge on any atom is 0.270 e. The molecule has 5 heteroatoms. The predicted octanol–water partition coefficient (Wildman–Crippen LogP) is 3.31. The summed E-state index contributed by atoms with van der Waals surface area (Å²) < 4.78 is 0. The zero-order valence-electron chi connectivity index (χ0n) is 13.5. The van der Waals surface area contributed by atoms with Crippen molar-refractivity contribution in [2.45, 2.75) is 39.7 Å². The number of hydrogen-bond donors (Lipinski definition) is 2. The van der Waals surface area contributed by atoms with Crippen LogP contribution in [0.1, 0.15) is 43.7 Å². The summed E-state index contributed by atoms with van der Waals surface area (Å²) in [6.07, 6.45) is 2.32. The second kappa shape index (κ2) is 6.56. The number of aromatic nitrogens is 2. The minimum atomic E-state index is -0.301. The molecule has 0 aliphatic heterocycles. The highest BCUT2D eigenvalue weighted by Gasteiger charge is 2.16. The Morgan fingerprint density at radius 3 is 2.59 bits per heavy atom. The molecule has 0 fully saturated rings. The molecular weight excluding hydrogens is 276 g/mol. The van der Waals surface area contributed by atoms with Gasteiger partial charge in [0.25, 0.3) is 5.91 Å². The van der Waals surface area contributed by atoms with Crippen molar-refractivity contribution < 1.29 is 4.79 Å². The van der Waals surface area contributed by atoms with Crippen LogP contribution in [0.15, 0.2) is 36.7 Å². The van der Waals surface area contributed by atoms with Gasteiger partial charge in [-0.15, -0.1) is 0 Å². The number of nitrogens with one attached hydrogen (secondary N) is 2. The lowest BCUT2D eigenvalue weighted by Gasteiger charge is -2.20. The van der Waals surface area contributed by atoms with E-state index >= 15 is 0 Å². The summed E-state index contributed by atoms with van der Waals surface area (Å²) in [7, 11) is 0. The van der Waals surface area contributed by atoms with Crippen LogP contribution in [0, 0.1) is 0 Å². The molecule has 1 aromatic carbocycles. The van der Waals surface area contributed by atoms with Crippen LogP contribution in [-0.2, 0) is 6.42 Å². The van der Waals surface area contributed by atoms with E-state index in [1.807, 2.05) is 39.0 Å². The molecule has 0 radical (unpaired) electrons. The van der Waals surface area contributed by atoms with Crippen molar-refractivity contribution in [3.05, 3.63) is 47.9 Å². The average Bonchev–Trinajstić information content (AvgIpc) is 2.46. The van der Waals surface area contributed by atoms with Gasteiger partial charge in [-0.1, -0.05) is 25.1 Å². The summed E-state index contributed by atoms with van der Waals surface area (Å²) in [5.41, 5.74) is 2.24. The number of carbonyl (C=O) groups is 1. The second-order valence-electron chi connectivity index (χ2n) is 6.13. The lowest BCUT2D eigenvalue weighted by atomic mass is 10.1. The molecule has 2 N–H and O–H groups in total. The third-order valence-corrected chi connectivity index (χ3v) is 3.05. The van der Waals surface area contributed by atoms with Crippen LogP contribution >= 0.6 is 0 Å². The Kier molecular flexibility index (Phi) is 4.75. The first-order valence-electron chi connectivity index (χ1n) is 7.38. The third kappa shape index (κ3) is 4.28. The van der Waals surface area contributed by atoms with Gasteiger partial charge in [-0.3, -0.25) is 4.79 Å². The highest BCUT2D eigenvalue weighted by atomic mass is 16.2. The van der Waals surface area contributed by atoms with Crippen LogP contribution in [0.5, 0.6) is 0 Å². The van der Waals surface area contributed by atoms with Gasteiger partial charge in [0.15, 0.2) is 0 Å². The van der Waals surface area contributed by atoms with Gasteiger partial charge < -0.3 is 10.6 Å². The van der Waals surface area contributed by atoms with Crippen molar-refractivity contribution in [3.8, 4) is 0 Å². The molecule has 0 spiro atoms. The van der Waals surface area contributed by atoms with Gasteiger partial charge in [-0.2, -0.15) is 0 Å². The predicted molar refractivity (Wildman–Crippen MR) is 88.4 cm³/mol. The Morgan fingerprint density at radius 2 is 1.91 bits per heavy atom. The molecule has 116 valence electrons. The summed E-state index contributed by atoms with van der Waals surface area (Å²) in [5, 5.41) is 6.14. The number of rotatable bonds is 4. The monoisotopic (exact) mass is 298 g/mol. The fraction of sp³-hybridized carbons (Fsp3) is 0.353. The SMILES string of the molecule is CCc1ccccc1Nc1cc(C(=O)NC(C)(C)C)ncn1. The number of carbonyl (C=O) groups excluding carboxylic acids is 1. The Balaban J connectivity index is 2.20. The van der Waals surface area contributed by atoms with Crippen LogP contribution in [-0.4, -0.2) is 21.4 Å². The van der Waals surface area contributed by atoms with E-state index in [-0.39, 0.29) is 11.4 Å². The van der Waals surface area contributed by atoms with Crippen LogP contribution in [0.2, 0.25) is 0 Å². The first-order valence-corrected chi connectivity index (χ1v) is 7.38. The van der Waals surface area contributed by atoms with Crippen molar-refractivity contribution in [2.75, 3.05) is 5.32 Å². The van der Waals surface area contributed by atoms with E-state index < -0.39 is 0 Å². The highest BCUT2D eigenvalue weighted by Crippen LogP contribution is 2.20. The average molecular weight is 298 g/mol. The first kappa shape index (κ1) is 15.9. The molecule has 2 aromatic rings. The number of aryl methyl sites for hydroxylation is 1. The van der Waals surface area contributed by atoms with Gasteiger partial charge in [0.1, 0.15) is 17.8 Å². The Morgan fingerprint density at radius 1 is 1.18 bits per heavy atom. The number of anilines is 2. The zero-order chi connectivity index (χ0) is 16.2. The van der Waals surface area contributed by atoms with E-state index in [9.17, 15) is 4.79 Å². The normalized spacial score (nSPS) is 11.1. The van der Waals surface area contributed by atoms with Crippen LogP contribution < -0.4 is 10.6 Å². The molecule has 0 saturated heterocycles. The summed E-state index contributed by atoms with van der Waals surface area (Å²) in [6, 6.07) is 9.70. The van der Waals surface area contributed by atoms with E-state index in [4.69, 9.17) is 0 Å². The molecule has 22 heavy (non-hydrogen) atoms. The van der Waals surface area contributed by atoms with Gasteiger partial charge in [-0.05, 0) is 38.8 Å². The van der Waals surface area contributed by atoms with E-state index in [0.29, 0.717) is 11.5 Å². The van der Waals surface area contributed by atoms with Gasteiger partial charge in [0, 0.05) is 17.3 Å². The second-order valence-corrected chi connectivity index (χ2v) is 6.13. The largest absolute Gasteiger partial charge is 0.346 e. The smallest absolute Gasteiger partial charge is 0.270 e. The number of benzene rings is 1. The summed E-state index contributed by atoms with van der Waals surface area (Å²) in [4.78, 5) is 20.4. The molecule has 1 amide bonds. The van der Waals surface area contributed by atoms with Crippen molar-refractivity contribution >= 4 is 17.4 Å². The van der Waals surface area contributed by atoms with Gasteiger partial charge in [0.05, 0.1) is 0 Å². The lowest BCUT2D eigenvalue weighted by molar-refractivity contribution is 0.0914. The maximum atomic E-state index is 12.2. The van der Waals surface area contributed by atoms with Crippen molar-refractivity contribution in [3.63, 3.8) is 0 Å². The van der Waals surface area contributed by atoms with Crippen LogP contribution in [0.4, 0.5) is 11.5 Å². The number of nitrogens with zero attached hydrogens (tertiary/aromatic N) is 2. The molecular formula is C17H22N4O. The van der Waals surface area contributed by atoms with Gasteiger partial charge >= 0.3 is 0 Å². The first-order chi connectivity index (χ1) is 10.4. The highest BCUT2D eigenvalue weighted by molar-refractivity contribution is 5.93. The molecule has 0 bridgehead atoms. The van der Waals surface area contributed by atoms with Gasteiger partial charge in [0.2, 0.25) is 0 Å². The Hall–Kier alpha value is -2.43. The van der Waals surface area contributed by atoms with Crippen molar-refractivity contribution in [1.82, 2.24) is 15.3 Å². The molecule has 1 aromatic heterocycles. The van der Waals surface area contributed by atoms with Crippen LogP contribution in [0.3, 0.4) is 0 Å². The quantitative estimate of drug-likeness (QED) is 0.908. The number of amides is 1. The topological polar surface area (TPSA) is 66.9 Å². The van der Waals surface area contributed by atoms with E-state index in [1.54, 1.807) is 6.07 Å². The van der Waals surface area contributed by atoms with E-state index in [1.165, 1.54) is 11.9 Å². The van der Waals surface area contributed by atoms with E-state index in [0.717, 1.165) is 12.1 Å². The van der Waals surface area contributed by atoms with Crippen molar-refractivity contribution in [1.29, 1.82) is 0 Å². The minimum absolute atomic E-state index is 0.207. The number of hydrogen-bond acceptors (Lipinski definition) is 4. The van der Waals surface area contributed by atoms with Gasteiger partial charge in [-0.25, -0.2) is 9.97 Å². The molecule has 0 aliphatic carbocycles. The molecule has 0 saturated carbocycles. The van der Waals surface area contributed by atoms with Crippen LogP contribution in [0.25, 0.3) is 0 Å². The maximum absolute atomic E-state index is 12.2. The molecule has 0 atom stereocenters.